The Morgan fingerprint density at radius 1 is 1.30 bits per heavy atom. The highest BCUT2D eigenvalue weighted by Gasteiger charge is 2.13. The molecule has 0 spiro atoms. The summed E-state index contributed by atoms with van der Waals surface area (Å²) in [5.74, 6) is 5.63. The highest BCUT2D eigenvalue weighted by molar-refractivity contribution is 5.92. The lowest BCUT2D eigenvalue weighted by Crippen LogP contribution is -2.27. The van der Waals surface area contributed by atoms with Crippen molar-refractivity contribution >= 4 is 11.7 Å². The molecule has 0 saturated heterocycles. The van der Waals surface area contributed by atoms with Gasteiger partial charge in [-0.2, -0.15) is 0 Å². The number of carbonyl (C=O) groups excluding carboxylic acids is 1. The molecule has 0 atom stereocenters. The molecule has 104 valence electrons. The molecule has 1 amide bonds. The molecule has 3 N–H and O–H groups in total. The van der Waals surface area contributed by atoms with E-state index in [0.717, 1.165) is 5.56 Å². The number of nitrogens with one attached hydrogen (secondary N) is 1. The minimum absolute atomic E-state index is 0.136. The second kappa shape index (κ2) is 6.16. The van der Waals surface area contributed by atoms with Gasteiger partial charge >= 0.3 is 0 Å². The van der Waals surface area contributed by atoms with Gasteiger partial charge in [-0.3, -0.25) is 4.79 Å². The van der Waals surface area contributed by atoms with Gasteiger partial charge in [0.05, 0.1) is 0 Å². The van der Waals surface area contributed by atoms with Crippen LogP contribution in [0.4, 0.5) is 5.82 Å². The number of benzene rings is 1. The zero-order valence-electron chi connectivity index (χ0n) is 11.6. The van der Waals surface area contributed by atoms with Crippen molar-refractivity contribution in [2.45, 2.75) is 13.5 Å². The van der Waals surface area contributed by atoms with Crippen molar-refractivity contribution < 1.29 is 4.79 Å². The molecule has 0 aliphatic carbocycles. The van der Waals surface area contributed by atoms with E-state index in [4.69, 9.17) is 5.84 Å². The molecule has 1 aromatic heterocycles. The largest absolute Gasteiger partial charge is 0.336 e. The number of hydrogen-bond acceptors (Lipinski definition) is 4. The van der Waals surface area contributed by atoms with E-state index in [0.29, 0.717) is 18.1 Å². The molecule has 0 aliphatic rings. The van der Waals surface area contributed by atoms with Gasteiger partial charge in [0, 0.05) is 13.6 Å². The maximum Gasteiger partial charge on any atom is 0.272 e. The van der Waals surface area contributed by atoms with Gasteiger partial charge in [0.15, 0.2) is 0 Å². The number of nitrogens with zero attached hydrogens (tertiary/aromatic N) is 2. The number of amides is 1. The van der Waals surface area contributed by atoms with Crippen LogP contribution in [0.25, 0.3) is 0 Å². The quantitative estimate of drug-likeness (QED) is 0.658. The van der Waals surface area contributed by atoms with Crippen LogP contribution in [0.3, 0.4) is 0 Å². The van der Waals surface area contributed by atoms with Gasteiger partial charge in [0.25, 0.3) is 5.91 Å². The first kappa shape index (κ1) is 14.0. The fourth-order valence-corrected chi connectivity index (χ4v) is 1.99. The van der Waals surface area contributed by atoms with Crippen LogP contribution in [-0.2, 0) is 6.54 Å². The highest BCUT2D eigenvalue weighted by atomic mass is 16.2. The Morgan fingerprint density at radius 2 is 2.05 bits per heavy atom. The molecular formula is C15H18N4O. The molecular weight excluding hydrogens is 252 g/mol. The molecule has 1 aromatic carbocycles. The summed E-state index contributed by atoms with van der Waals surface area (Å²) in [4.78, 5) is 18.1. The van der Waals surface area contributed by atoms with Crippen LogP contribution < -0.4 is 11.3 Å². The summed E-state index contributed by atoms with van der Waals surface area (Å²) in [6.45, 7) is 2.58. The third kappa shape index (κ3) is 3.33. The van der Waals surface area contributed by atoms with Crippen molar-refractivity contribution in [1.82, 2.24) is 9.88 Å². The lowest BCUT2D eigenvalue weighted by Gasteiger charge is -2.17. The summed E-state index contributed by atoms with van der Waals surface area (Å²) in [5, 5.41) is 0. The summed E-state index contributed by atoms with van der Waals surface area (Å²) >= 11 is 0. The monoisotopic (exact) mass is 270 g/mol. The van der Waals surface area contributed by atoms with Crippen molar-refractivity contribution in [3.05, 3.63) is 59.3 Å². The second-order valence-electron chi connectivity index (χ2n) is 4.70. The fraction of sp³-hybridized carbons (Fsp3) is 0.200. The molecule has 2 rings (SSSR count). The average molecular weight is 270 g/mol. The Kier molecular flexibility index (Phi) is 4.32. The molecule has 1 heterocycles. The standard InChI is InChI=1S/C15H18N4O/c1-11-5-3-6-12(9-11)10-19(2)15(20)13-7-4-8-14(17-13)18-16/h3-9H,10,16H2,1-2H3,(H,17,18). The van der Waals surface area contributed by atoms with Crippen molar-refractivity contribution in [1.29, 1.82) is 0 Å². The van der Waals surface area contributed by atoms with E-state index in [-0.39, 0.29) is 5.91 Å². The molecule has 0 unspecified atom stereocenters. The van der Waals surface area contributed by atoms with E-state index >= 15 is 0 Å². The lowest BCUT2D eigenvalue weighted by atomic mass is 10.1. The molecule has 0 radical (unpaired) electrons. The zero-order valence-corrected chi connectivity index (χ0v) is 11.6. The van der Waals surface area contributed by atoms with Crippen LogP contribution in [0, 0.1) is 6.92 Å². The number of nitrogen functional groups attached to an aromatic ring is 1. The normalized spacial score (nSPS) is 10.2. The number of nitrogens with two attached hydrogens (primary N) is 1. The molecule has 0 fully saturated rings. The number of aryl methyl sites for hydroxylation is 1. The minimum atomic E-state index is -0.136. The van der Waals surface area contributed by atoms with E-state index in [9.17, 15) is 4.79 Å². The van der Waals surface area contributed by atoms with E-state index in [1.54, 1.807) is 30.1 Å². The third-order valence-electron chi connectivity index (χ3n) is 2.97. The minimum Gasteiger partial charge on any atom is -0.336 e. The lowest BCUT2D eigenvalue weighted by molar-refractivity contribution is 0.0779. The molecule has 5 nitrogen and oxygen atoms in total. The van der Waals surface area contributed by atoms with Crippen LogP contribution in [0.1, 0.15) is 21.6 Å². The van der Waals surface area contributed by atoms with Gasteiger partial charge in [0.1, 0.15) is 11.5 Å². The molecule has 0 saturated carbocycles. The van der Waals surface area contributed by atoms with Crippen LogP contribution in [0.5, 0.6) is 0 Å². The van der Waals surface area contributed by atoms with Crippen LogP contribution in [0.2, 0.25) is 0 Å². The molecule has 2 aromatic rings. The zero-order chi connectivity index (χ0) is 14.5. The summed E-state index contributed by atoms with van der Waals surface area (Å²) in [5.41, 5.74) is 5.08. The van der Waals surface area contributed by atoms with E-state index in [1.165, 1.54) is 5.56 Å². The Hall–Kier alpha value is -2.40. The summed E-state index contributed by atoms with van der Waals surface area (Å²) < 4.78 is 0. The fourth-order valence-electron chi connectivity index (χ4n) is 1.99. The predicted molar refractivity (Wildman–Crippen MR) is 79.0 cm³/mol. The Morgan fingerprint density at radius 3 is 2.75 bits per heavy atom. The van der Waals surface area contributed by atoms with Crippen molar-refractivity contribution in [2.24, 2.45) is 5.84 Å². The Labute approximate surface area is 118 Å². The smallest absolute Gasteiger partial charge is 0.272 e. The van der Waals surface area contributed by atoms with Crippen molar-refractivity contribution in [3.8, 4) is 0 Å². The maximum absolute atomic E-state index is 12.3. The third-order valence-corrected chi connectivity index (χ3v) is 2.97. The second-order valence-corrected chi connectivity index (χ2v) is 4.70. The molecule has 0 bridgehead atoms. The average Bonchev–Trinajstić information content (AvgIpc) is 2.46. The van der Waals surface area contributed by atoms with Gasteiger partial charge in [-0.1, -0.05) is 35.9 Å². The van der Waals surface area contributed by atoms with Gasteiger partial charge < -0.3 is 10.3 Å². The number of pyridine rings is 1. The number of aromatic nitrogens is 1. The van der Waals surface area contributed by atoms with Gasteiger partial charge in [0.2, 0.25) is 0 Å². The summed E-state index contributed by atoms with van der Waals surface area (Å²) in [6, 6.07) is 13.2. The highest BCUT2D eigenvalue weighted by Crippen LogP contribution is 2.10. The number of hydrazine groups is 1. The summed E-state index contributed by atoms with van der Waals surface area (Å²) in [7, 11) is 1.76. The Bertz CT molecular complexity index is 612. The predicted octanol–water partition coefficient (Wildman–Crippen LogP) is 1.95. The molecule has 5 heteroatoms. The van der Waals surface area contributed by atoms with E-state index in [1.807, 2.05) is 25.1 Å². The van der Waals surface area contributed by atoms with Crippen LogP contribution >= 0.6 is 0 Å². The van der Waals surface area contributed by atoms with Crippen LogP contribution in [0.15, 0.2) is 42.5 Å². The van der Waals surface area contributed by atoms with Gasteiger partial charge in [-0.05, 0) is 24.6 Å². The molecule has 20 heavy (non-hydrogen) atoms. The topological polar surface area (TPSA) is 71.2 Å². The van der Waals surface area contributed by atoms with E-state index < -0.39 is 0 Å². The SMILES string of the molecule is Cc1cccc(CN(C)C(=O)c2cccc(NN)n2)c1. The van der Waals surface area contributed by atoms with Gasteiger partial charge in [-0.15, -0.1) is 0 Å². The van der Waals surface area contributed by atoms with Crippen molar-refractivity contribution in [3.63, 3.8) is 0 Å². The van der Waals surface area contributed by atoms with E-state index in [2.05, 4.69) is 16.5 Å². The van der Waals surface area contributed by atoms with Gasteiger partial charge in [-0.25, -0.2) is 10.8 Å². The number of anilines is 1. The summed E-state index contributed by atoms with van der Waals surface area (Å²) in [6.07, 6.45) is 0. The number of carbonyl (C=O) groups is 1. The van der Waals surface area contributed by atoms with Crippen molar-refractivity contribution in [2.75, 3.05) is 12.5 Å². The number of hydrogen-bond donors (Lipinski definition) is 2. The first-order chi connectivity index (χ1) is 9.60. The van der Waals surface area contributed by atoms with Crippen LogP contribution in [-0.4, -0.2) is 22.8 Å². The first-order valence-electron chi connectivity index (χ1n) is 6.35. The molecule has 0 aliphatic heterocycles. The first-order valence-corrected chi connectivity index (χ1v) is 6.35. The Balaban J connectivity index is 2.12. The number of rotatable bonds is 4. The maximum atomic E-state index is 12.3.